The predicted molar refractivity (Wildman–Crippen MR) is 78.5 cm³/mol. The van der Waals surface area contributed by atoms with Gasteiger partial charge in [-0.25, -0.2) is 4.68 Å². The molecule has 0 amide bonds. The Labute approximate surface area is 121 Å². The van der Waals surface area contributed by atoms with Crippen molar-refractivity contribution >= 4 is 21.6 Å². The highest BCUT2D eigenvalue weighted by Crippen LogP contribution is 2.19. The number of halogens is 1. The molecule has 6 heteroatoms. The van der Waals surface area contributed by atoms with E-state index in [4.69, 9.17) is 4.74 Å². The Hall–Kier alpha value is -0.880. The number of hydrogen-bond acceptors (Lipinski definition) is 4. The van der Waals surface area contributed by atoms with Crippen LogP contribution in [0.3, 0.4) is 0 Å². The van der Waals surface area contributed by atoms with Crippen LogP contribution in [0.5, 0.6) is 0 Å². The van der Waals surface area contributed by atoms with Crippen molar-refractivity contribution in [1.29, 1.82) is 0 Å². The number of aryl methyl sites for hydroxylation is 1. The number of ether oxygens (including phenoxy) is 1. The summed E-state index contributed by atoms with van der Waals surface area (Å²) in [6, 6.07) is 0. The third-order valence-corrected chi connectivity index (χ3v) is 4.11. The summed E-state index contributed by atoms with van der Waals surface area (Å²) in [5.41, 5.74) is 0.711. The first-order chi connectivity index (χ1) is 9.22. The first-order valence-electron chi connectivity index (χ1n) is 6.79. The van der Waals surface area contributed by atoms with Crippen LogP contribution in [0, 0.1) is 5.92 Å². The van der Waals surface area contributed by atoms with E-state index in [2.05, 4.69) is 26.3 Å². The van der Waals surface area contributed by atoms with Gasteiger partial charge in [0.2, 0.25) is 0 Å². The highest BCUT2D eigenvalue weighted by Gasteiger charge is 2.15. The Bertz CT molecular complexity index is 469. The zero-order chi connectivity index (χ0) is 13.7. The topological polar surface area (TPSA) is 56.1 Å². The van der Waals surface area contributed by atoms with Gasteiger partial charge in [-0.15, -0.1) is 0 Å². The molecule has 0 radical (unpaired) electrons. The summed E-state index contributed by atoms with van der Waals surface area (Å²) in [6.07, 6.45) is 4.77. The molecule has 1 aliphatic heterocycles. The Morgan fingerprint density at radius 3 is 2.95 bits per heavy atom. The van der Waals surface area contributed by atoms with Gasteiger partial charge in [0.05, 0.1) is 11.9 Å². The molecule has 0 spiro atoms. The van der Waals surface area contributed by atoms with Gasteiger partial charge in [-0.2, -0.15) is 5.10 Å². The second-order valence-electron chi connectivity index (χ2n) is 4.84. The van der Waals surface area contributed by atoms with Crippen LogP contribution in [-0.2, 0) is 11.3 Å². The lowest BCUT2D eigenvalue weighted by molar-refractivity contribution is 0.0699. The lowest BCUT2D eigenvalue weighted by atomic mass is 10.0. The van der Waals surface area contributed by atoms with Crippen molar-refractivity contribution in [2.24, 2.45) is 5.92 Å². The maximum atomic E-state index is 12.0. The molecule has 0 atom stereocenters. The Balaban J connectivity index is 2.00. The monoisotopic (exact) mass is 329 g/mol. The average molecular weight is 330 g/mol. The van der Waals surface area contributed by atoms with Gasteiger partial charge in [0.15, 0.2) is 0 Å². The van der Waals surface area contributed by atoms with E-state index >= 15 is 0 Å². The summed E-state index contributed by atoms with van der Waals surface area (Å²) >= 11 is 3.37. The SMILES string of the molecule is CCCn1ncc(NCC2CCOCC2)c(Br)c1=O. The van der Waals surface area contributed by atoms with E-state index in [-0.39, 0.29) is 5.56 Å². The summed E-state index contributed by atoms with van der Waals surface area (Å²) in [5.74, 6) is 0.610. The minimum atomic E-state index is -0.0705. The van der Waals surface area contributed by atoms with Crippen LogP contribution in [0.4, 0.5) is 5.69 Å². The van der Waals surface area contributed by atoms with Crippen LogP contribution in [0.25, 0.3) is 0 Å². The van der Waals surface area contributed by atoms with Gasteiger partial charge in [-0.1, -0.05) is 6.92 Å². The van der Waals surface area contributed by atoms with Crippen LogP contribution in [0.2, 0.25) is 0 Å². The molecule has 1 aliphatic rings. The standard InChI is InChI=1S/C13H20BrN3O2/c1-2-5-17-13(18)12(14)11(9-16-17)15-8-10-3-6-19-7-4-10/h9-10,15H,2-8H2,1H3. The van der Waals surface area contributed by atoms with Gasteiger partial charge in [0, 0.05) is 26.3 Å². The van der Waals surface area contributed by atoms with E-state index in [0.29, 0.717) is 16.9 Å². The fourth-order valence-corrected chi connectivity index (χ4v) is 2.61. The Kier molecular flexibility index (Phi) is 5.39. The number of rotatable bonds is 5. The fourth-order valence-electron chi connectivity index (χ4n) is 2.16. The number of nitrogens with one attached hydrogen (secondary N) is 1. The van der Waals surface area contributed by atoms with Crippen molar-refractivity contribution in [3.63, 3.8) is 0 Å². The Morgan fingerprint density at radius 1 is 1.53 bits per heavy atom. The number of anilines is 1. The molecule has 5 nitrogen and oxygen atoms in total. The normalized spacial score (nSPS) is 16.5. The maximum Gasteiger partial charge on any atom is 0.283 e. The zero-order valence-corrected chi connectivity index (χ0v) is 12.8. The molecule has 2 rings (SSSR count). The summed E-state index contributed by atoms with van der Waals surface area (Å²) in [7, 11) is 0. The minimum absolute atomic E-state index is 0.0705. The first kappa shape index (κ1) is 14.5. The van der Waals surface area contributed by atoms with Gasteiger partial charge in [0.1, 0.15) is 4.47 Å². The van der Waals surface area contributed by atoms with Crippen LogP contribution in [-0.4, -0.2) is 29.5 Å². The molecule has 1 aromatic rings. The Morgan fingerprint density at radius 2 is 2.26 bits per heavy atom. The molecule has 0 bridgehead atoms. The molecule has 0 aromatic carbocycles. The summed E-state index contributed by atoms with van der Waals surface area (Å²) < 4.78 is 7.40. The number of hydrogen-bond donors (Lipinski definition) is 1. The molecule has 19 heavy (non-hydrogen) atoms. The summed E-state index contributed by atoms with van der Waals surface area (Å²) in [5, 5.41) is 7.49. The second-order valence-corrected chi connectivity index (χ2v) is 5.63. The van der Waals surface area contributed by atoms with Crippen LogP contribution in [0.15, 0.2) is 15.5 Å². The molecule has 2 heterocycles. The summed E-state index contributed by atoms with van der Waals surface area (Å²) in [6.45, 7) is 5.21. The van der Waals surface area contributed by atoms with Crippen molar-refractivity contribution in [1.82, 2.24) is 9.78 Å². The molecule has 1 fully saturated rings. The van der Waals surface area contributed by atoms with E-state index < -0.39 is 0 Å². The first-order valence-corrected chi connectivity index (χ1v) is 7.59. The van der Waals surface area contributed by atoms with E-state index in [9.17, 15) is 4.79 Å². The van der Waals surface area contributed by atoms with E-state index in [1.807, 2.05) is 6.92 Å². The second kappa shape index (κ2) is 7.05. The largest absolute Gasteiger partial charge is 0.382 e. The zero-order valence-electron chi connectivity index (χ0n) is 11.2. The lowest BCUT2D eigenvalue weighted by Crippen LogP contribution is -2.26. The third-order valence-electron chi connectivity index (χ3n) is 3.34. The highest BCUT2D eigenvalue weighted by molar-refractivity contribution is 9.10. The van der Waals surface area contributed by atoms with Crippen molar-refractivity contribution in [2.45, 2.75) is 32.7 Å². The molecule has 106 valence electrons. The van der Waals surface area contributed by atoms with E-state index in [0.717, 1.165) is 44.7 Å². The summed E-state index contributed by atoms with van der Waals surface area (Å²) in [4.78, 5) is 12.0. The molecular formula is C13H20BrN3O2. The molecule has 0 saturated carbocycles. The molecule has 1 aromatic heterocycles. The quantitative estimate of drug-likeness (QED) is 0.900. The third kappa shape index (κ3) is 3.79. The van der Waals surface area contributed by atoms with Crippen molar-refractivity contribution < 1.29 is 4.74 Å². The molecule has 0 aliphatic carbocycles. The van der Waals surface area contributed by atoms with E-state index in [1.54, 1.807) is 6.20 Å². The van der Waals surface area contributed by atoms with Crippen molar-refractivity contribution in [3.05, 3.63) is 21.0 Å². The molecule has 1 N–H and O–H groups in total. The number of aromatic nitrogens is 2. The molecule has 1 saturated heterocycles. The van der Waals surface area contributed by atoms with Crippen LogP contribution >= 0.6 is 15.9 Å². The highest BCUT2D eigenvalue weighted by atomic mass is 79.9. The van der Waals surface area contributed by atoms with Crippen molar-refractivity contribution in [2.75, 3.05) is 25.1 Å². The maximum absolute atomic E-state index is 12.0. The van der Waals surface area contributed by atoms with Crippen LogP contribution < -0.4 is 10.9 Å². The van der Waals surface area contributed by atoms with Gasteiger partial charge in [-0.05, 0) is 41.1 Å². The van der Waals surface area contributed by atoms with Crippen molar-refractivity contribution in [3.8, 4) is 0 Å². The smallest absolute Gasteiger partial charge is 0.283 e. The van der Waals surface area contributed by atoms with E-state index in [1.165, 1.54) is 4.68 Å². The average Bonchev–Trinajstić information content (AvgIpc) is 2.44. The predicted octanol–water partition coefficient (Wildman–Crippen LogP) is 2.25. The lowest BCUT2D eigenvalue weighted by Gasteiger charge is -2.22. The molecule has 0 unspecified atom stereocenters. The van der Waals surface area contributed by atoms with Gasteiger partial charge < -0.3 is 10.1 Å². The molecular weight excluding hydrogens is 310 g/mol. The van der Waals surface area contributed by atoms with Gasteiger partial charge in [-0.3, -0.25) is 4.79 Å². The van der Waals surface area contributed by atoms with Gasteiger partial charge >= 0.3 is 0 Å². The minimum Gasteiger partial charge on any atom is -0.382 e. The number of nitrogens with zero attached hydrogens (tertiary/aromatic N) is 2. The van der Waals surface area contributed by atoms with Gasteiger partial charge in [0.25, 0.3) is 5.56 Å². The van der Waals surface area contributed by atoms with Crippen LogP contribution in [0.1, 0.15) is 26.2 Å². The fraction of sp³-hybridized carbons (Fsp3) is 0.692.